The first-order chi connectivity index (χ1) is 7.44. The van der Waals surface area contributed by atoms with Gasteiger partial charge in [-0.15, -0.1) is 0 Å². The van der Waals surface area contributed by atoms with E-state index in [9.17, 15) is 4.79 Å². The van der Waals surface area contributed by atoms with Gasteiger partial charge in [-0.1, -0.05) is 13.8 Å². The number of hydrogen-bond donors (Lipinski definition) is 2. The number of nitrogens with two attached hydrogens (primary N) is 1. The van der Waals surface area contributed by atoms with E-state index < -0.39 is 0 Å². The summed E-state index contributed by atoms with van der Waals surface area (Å²) in [5.74, 6) is 0.269. The Morgan fingerprint density at radius 3 is 2.69 bits per heavy atom. The highest BCUT2D eigenvalue weighted by molar-refractivity contribution is 5.79. The van der Waals surface area contributed by atoms with Gasteiger partial charge in [0.25, 0.3) is 0 Å². The van der Waals surface area contributed by atoms with Crippen molar-refractivity contribution in [3.8, 4) is 0 Å². The lowest BCUT2D eigenvalue weighted by Crippen LogP contribution is -2.39. The second kappa shape index (κ2) is 5.64. The zero-order chi connectivity index (χ0) is 12.2. The van der Waals surface area contributed by atoms with Gasteiger partial charge < -0.3 is 15.8 Å². The first kappa shape index (κ1) is 13.5. The van der Waals surface area contributed by atoms with Gasteiger partial charge in [0, 0.05) is 31.0 Å². The Morgan fingerprint density at radius 2 is 2.19 bits per heavy atom. The van der Waals surface area contributed by atoms with Crippen LogP contribution >= 0.6 is 0 Å². The summed E-state index contributed by atoms with van der Waals surface area (Å²) in [6.45, 7) is 5.47. The van der Waals surface area contributed by atoms with Crippen LogP contribution in [0.15, 0.2) is 0 Å². The van der Waals surface area contributed by atoms with Crippen LogP contribution in [0.25, 0.3) is 0 Å². The van der Waals surface area contributed by atoms with Crippen molar-refractivity contribution in [2.24, 2.45) is 17.1 Å². The molecule has 0 spiro atoms. The fourth-order valence-electron chi connectivity index (χ4n) is 2.17. The molecule has 0 saturated heterocycles. The molecular formula is C12H24N2O2. The number of amides is 1. The molecule has 0 heterocycles. The Balaban J connectivity index is 2.29. The van der Waals surface area contributed by atoms with Crippen LogP contribution in [0.1, 0.15) is 33.1 Å². The quantitative estimate of drug-likeness (QED) is 0.735. The van der Waals surface area contributed by atoms with Gasteiger partial charge >= 0.3 is 0 Å². The summed E-state index contributed by atoms with van der Waals surface area (Å²) in [5.41, 5.74) is 5.78. The van der Waals surface area contributed by atoms with E-state index in [1.165, 1.54) is 0 Å². The summed E-state index contributed by atoms with van der Waals surface area (Å²) in [7, 11) is 1.68. The van der Waals surface area contributed by atoms with Crippen LogP contribution in [-0.4, -0.2) is 32.2 Å². The Hall–Kier alpha value is -0.610. The number of ether oxygens (including phenoxy) is 1. The summed E-state index contributed by atoms with van der Waals surface area (Å²) >= 11 is 0. The van der Waals surface area contributed by atoms with E-state index in [0.717, 1.165) is 19.3 Å². The van der Waals surface area contributed by atoms with Gasteiger partial charge in [-0.05, 0) is 19.3 Å². The van der Waals surface area contributed by atoms with E-state index in [4.69, 9.17) is 10.5 Å². The van der Waals surface area contributed by atoms with E-state index >= 15 is 0 Å². The topological polar surface area (TPSA) is 64.3 Å². The lowest BCUT2D eigenvalue weighted by molar-refractivity contribution is -0.125. The molecule has 1 fully saturated rings. The molecule has 2 atom stereocenters. The molecule has 0 aliphatic heterocycles. The number of hydrogen-bond acceptors (Lipinski definition) is 3. The van der Waals surface area contributed by atoms with E-state index in [2.05, 4.69) is 19.2 Å². The first-order valence-electron chi connectivity index (χ1n) is 5.97. The second-order valence-corrected chi connectivity index (χ2v) is 5.59. The maximum Gasteiger partial charge on any atom is 0.223 e. The summed E-state index contributed by atoms with van der Waals surface area (Å²) in [6.07, 6.45) is 2.73. The third kappa shape index (κ3) is 4.10. The van der Waals surface area contributed by atoms with Crippen LogP contribution in [0.3, 0.4) is 0 Å². The van der Waals surface area contributed by atoms with Gasteiger partial charge in [-0.3, -0.25) is 4.79 Å². The zero-order valence-corrected chi connectivity index (χ0v) is 10.6. The average Bonchev–Trinajstić information content (AvgIpc) is 2.61. The molecule has 1 amide bonds. The molecule has 0 aromatic heterocycles. The van der Waals surface area contributed by atoms with Crippen LogP contribution in [0, 0.1) is 11.3 Å². The van der Waals surface area contributed by atoms with Crippen molar-refractivity contribution in [2.75, 3.05) is 20.3 Å². The molecule has 94 valence electrons. The van der Waals surface area contributed by atoms with Gasteiger partial charge in [-0.25, -0.2) is 0 Å². The number of carbonyl (C=O) groups excluding carboxylic acids is 1. The minimum Gasteiger partial charge on any atom is -0.384 e. The van der Waals surface area contributed by atoms with Crippen LogP contribution in [0.2, 0.25) is 0 Å². The van der Waals surface area contributed by atoms with Crippen molar-refractivity contribution in [1.82, 2.24) is 5.32 Å². The molecule has 0 bridgehead atoms. The Labute approximate surface area is 97.9 Å². The molecule has 0 unspecified atom stereocenters. The van der Waals surface area contributed by atoms with Crippen molar-refractivity contribution in [3.63, 3.8) is 0 Å². The maximum absolute atomic E-state index is 11.8. The van der Waals surface area contributed by atoms with Crippen molar-refractivity contribution in [3.05, 3.63) is 0 Å². The highest BCUT2D eigenvalue weighted by Gasteiger charge is 2.28. The van der Waals surface area contributed by atoms with Crippen LogP contribution in [0.4, 0.5) is 0 Å². The van der Waals surface area contributed by atoms with Gasteiger partial charge in [0.15, 0.2) is 0 Å². The molecule has 3 N–H and O–H groups in total. The highest BCUT2D eigenvalue weighted by Crippen LogP contribution is 2.24. The lowest BCUT2D eigenvalue weighted by Gasteiger charge is -2.24. The number of methoxy groups -OCH3 is 1. The third-order valence-corrected chi connectivity index (χ3v) is 3.12. The first-order valence-corrected chi connectivity index (χ1v) is 5.97. The van der Waals surface area contributed by atoms with Crippen molar-refractivity contribution >= 4 is 5.91 Å². The number of nitrogens with one attached hydrogen (secondary N) is 1. The van der Waals surface area contributed by atoms with E-state index in [-0.39, 0.29) is 23.3 Å². The second-order valence-electron chi connectivity index (χ2n) is 5.59. The van der Waals surface area contributed by atoms with Crippen molar-refractivity contribution in [1.29, 1.82) is 0 Å². The van der Waals surface area contributed by atoms with E-state index in [1.807, 2.05) is 0 Å². The molecule has 1 saturated carbocycles. The molecule has 4 nitrogen and oxygen atoms in total. The average molecular weight is 228 g/mol. The van der Waals surface area contributed by atoms with Crippen molar-refractivity contribution in [2.45, 2.75) is 39.2 Å². The molecule has 1 aliphatic rings. The zero-order valence-electron chi connectivity index (χ0n) is 10.6. The monoisotopic (exact) mass is 228 g/mol. The molecule has 4 heteroatoms. The molecule has 0 aromatic rings. The molecule has 1 aliphatic carbocycles. The Kier molecular flexibility index (Phi) is 4.74. The Morgan fingerprint density at radius 1 is 1.50 bits per heavy atom. The maximum atomic E-state index is 11.8. The Bertz CT molecular complexity index is 241. The molecular weight excluding hydrogens is 204 g/mol. The summed E-state index contributed by atoms with van der Waals surface area (Å²) < 4.78 is 5.11. The summed E-state index contributed by atoms with van der Waals surface area (Å²) in [4.78, 5) is 11.8. The van der Waals surface area contributed by atoms with Crippen LogP contribution < -0.4 is 11.1 Å². The number of rotatable bonds is 5. The fraction of sp³-hybridized carbons (Fsp3) is 0.917. The van der Waals surface area contributed by atoms with E-state index in [0.29, 0.717) is 13.2 Å². The lowest BCUT2D eigenvalue weighted by atomic mass is 9.94. The normalized spacial score (nSPS) is 25.8. The fourth-order valence-corrected chi connectivity index (χ4v) is 2.17. The van der Waals surface area contributed by atoms with Crippen LogP contribution in [-0.2, 0) is 9.53 Å². The number of carbonyl (C=O) groups is 1. The predicted molar refractivity (Wildman–Crippen MR) is 64.0 cm³/mol. The molecule has 0 radical (unpaired) electrons. The molecule has 0 aromatic carbocycles. The standard InChI is InChI=1S/C12H24N2O2/c1-12(2,8-16-3)7-14-11(15)9-4-5-10(13)6-9/h9-10H,4-8,13H2,1-3H3,(H,14,15)/t9-,10+/m0/s1. The SMILES string of the molecule is COCC(C)(C)CNC(=O)[C@H]1CC[C@@H](N)C1. The van der Waals surface area contributed by atoms with Gasteiger partial charge in [0.05, 0.1) is 6.61 Å². The molecule has 16 heavy (non-hydrogen) atoms. The van der Waals surface area contributed by atoms with Gasteiger partial charge in [0.2, 0.25) is 5.91 Å². The summed E-state index contributed by atoms with van der Waals surface area (Å²) in [5, 5.41) is 3.00. The van der Waals surface area contributed by atoms with Gasteiger partial charge in [0.1, 0.15) is 0 Å². The minimum atomic E-state index is -0.00880. The predicted octanol–water partition coefficient (Wildman–Crippen LogP) is 0.903. The van der Waals surface area contributed by atoms with Crippen LogP contribution in [0.5, 0.6) is 0 Å². The van der Waals surface area contributed by atoms with E-state index in [1.54, 1.807) is 7.11 Å². The smallest absolute Gasteiger partial charge is 0.223 e. The summed E-state index contributed by atoms with van der Waals surface area (Å²) in [6, 6.07) is 0.211. The highest BCUT2D eigenvalue weighted by atomic mass is 16.5. The van der Waals surface area contributed by atoms with Crippen molar-refractivity contribution < 1.29 is 9.53 Å². The molecule has 1 rings (SSSR count). The minimum absolute atomic E-state index is 0.00880. The largest absolute Gasteiger partial charge is 0.384 e. The van der Waals surface area contributed by atoms with Gasteiger partial charge in [-0.2, -0.15) is 0 Å². The third-order valence-electron chi connectivity index (χ3n) is 3.12.